The van der Waals surface area contributed by atoms with Gasteiger partial charge < -0.3 is 20.7 Å². The Kier molecular flexibility index (Phi) is 3.52. The Morgan fingerprint density at radius 3 is 2.95 bits per heavy atom. The Bertz CT molecular complexity index is 449. The number of nitrogens with one attached hydrogen (secondary N) is 1. The first-order valence-electron chi connectivity index (χ1n) is 6.92. The quantitative estimate of drug-likeness (QED) is 0.807. The zero-order valence-corrected chi connectivity index (χ0v) is 11.3. The van der Waals surface area contributed by atoms with Gasteiger partial charge in [-0.1, -0.05) is 0 Å². The van der Waals surface area contributed by atoms with Crippen LogP contribution in [0.3, 0.4) is 0 Å². The smallest absolute Gasteiger partial charge is 0.222 e. The summed E-state index contributed by atoms with van der Waals surface area (Å²) in [6.07, 6.45) is 3.90. The van der Waals surface area contributed by atoms with Gasteiger partial charge in [0.25, 0.3) is 0 Å². The van der Waals surface area contributed by atoms with Crippen LogP contribution in [0.2, 0.25) is 0 Å². The van der Waals surface area contributed by atoms with Gasteiger partial charge in [-0.25, -0.2) is 4.98 Å². The standard InChI is InChI=1S/C13H21N5O/c1-15-9-4-5-18(7-9)12-6-10(16-13(14)17-12)8-19-11-2-3-11/h6,9,11,15H,2-5,7-8H2,1H3,(H2,14,16,17)/t9-/m1/s1. The van der Waals surface area contributed by atoms with E-state index in [0.717, 1.165) is 31.0 Å². The molecule has 1 aliphatic carbocycles. The summed E-state index contributed by atoms with van der Waals surface area (Å²) in [6.45, 7) is 2.51. The van der Waals surface area contributed by atoms with E-state index in [0.29, 0.717) is 24.7 Å². The van der Waals surface area contributed by atoms with E-state index in [9.17, 15) is 0 Å². The van der Waals surface area contributed by atoms with Crippen LogP contribution in [0.5, 0.6) is 0 Å². The first kappa shape index (κ1) is 12.6. The van der Waals surface area contributed by atoms with Crippen molar-refractivity contribution in [1.82, 2.24) is 15.3 Å². The van der Waals surface area contributed by atoms with Gasteiger partial charge >= 0.3 is 0 Å². The van der Waals surface area contributed by atoms with Crippen LogP contribution in [0.1, 0.15) is 25.0 Å². The number of rotatable bonds is 5. The van der Waals surface area contributed by atoms with Crippen molar-refractivity contribution in [3.8, 4) is 0 Å². The van der Waals surface area contributed by atoms with Crippen LogP contribution in [-0.4, -0.2) is 42.3 Å². The fraction of sp³-hybridized carbons (Fsp3) is 0.692. The normalized spacial score (nSPS) is 23.0. The van der Waals surface area contributed by atoms with Gasteiger partial charge in [-0.05, 0) is 26.3 Å². The molecule has 1 aromatic rings. The molecule has 19 heavy (non-hydrogen) atoms. The van der Waals surface area contributed by atoms with Gasteiger partial charge in [0.2, 0.25) is 5.95 Å². The molecule has 6 nitrogen and oxygen atoms in total. The molecule has 3 rings (SSSR count). The van der Waals surface area contributed by atoms with Crippen molar-refractivity contribution in [1.29, 1.82) is 0 Å². The number of anilines is 2. The maximum absolute atomic E-state index is 5.80. The molecule has 1 aromatic heterocycles. The summed E-state index contributed by atoms with van der Waals surface area (Å²) in [6, 6.07) is 2.53. The molecule has 0 unspecified atom stereocenters. The average molecular weight is 263 g/mol. The molecular formula is C13H21N5O. The predicted octanol–water partition coefficient (Wildman–Crippen LogP) is 0.536. The van der Waals surface area contributed by atoms with E-state index in [1.54, 1.807) is 0 Å². The number of nitrogen functional groups attached to an aromatic ring is 1. The maximum atomic E-state index is 5.80. The highest BCUT2D eigenvalue weighted by Crippen LogP contribution is 2.25. The highest BCUT2D eigenvalue weighted by atomic mass is 16.5. The highest BCUT2D eigenvalue weighted by Gasteiger charge is 2.24. The molecule has 0 amide bonds. The fourth-order valence-electron chi connectivity index (χ4n) is 2.38. The summed E-state index contributed by atoms with van der Waals surface area (Å²) in [4.78, 5) is 10.8. The Balaban J connectivity index is 1.69. The minimum Gasteiger partial charge on any atom is -0.372 e. The number of hydrogen-bond acceptors (Lipinski definition) is 6. The SMILES string of the molecule is CN[C@@H]1CCN(c2cc(COC3CC3)nc(N)n2)C1. The topological polar surface area (TPSA) is 76.3 Å². The lowest BCUT2D eigenvalue weighted by atomic mass is 10.3. The lowest BCUT2D eigenvalue weighted by Crippen LogP contribution is -2.30. The van der Waals surface area contributed by atoms with Crippen LogP contribution >= 0.6 is 0 Å². The fourth-order valence-corrected chi connectivity index (χ4v) is 2.38. The Morgan fingerprint density at radius 1 is 1.42 bits per heavy atom. The number of hydrogen-bond donors (Lipinski definition) is 2. The molecule has 2 aliphatic rings. The monoisotopic (exact) mass is 263 g/mol. The minimum absolute atomic E-state index is 0.333. The van der Waals surface area contributed by atoms with Crippen molar-refractivity contribution in [2.75, 3.05) is 30.8 Å². The maximum Gasteiger partial charge on any atom is 0.222 e. The third-order valence-corrected chi connectivity index (χ3v) is 3.69. The van der Waals surface area contributed by atoms with E-state index in [-0.39, 0.29) is 0 Å². The molecule has 1 saturated carbocycles. The van der Waals surface area contributed by atoms with E-state index in [1.807, 2.05) is 13.1 Å². The van der Waals surface area contributed by atoms with Crippen LogP contribution in [0.25, 0.3) is 0 Å². The molecule has 2 fully saturated rings. The van der Waals surface area contributed by atoms with E-state index in [4.69, 9.17) is 10.5 Å². The van der Waals surface area contributed by atoms with Crippen LogP contribution in [-0.2, 0) is 11.3 Å². The number of ether oxygens (including phenoxy) is 1. The molecule has 0 bridgehead atoms. The van der Waals surface area contributed by atoms with Crippen molar-refractivity contribution in [3.63, 3.8) is 0 Å². The average Bonchev–Trinajstić information content (AvgIpc) is 3.11. The Labute approximate surface area is 113 Å². The van der Waals surface area contributed by atoms with Crippen LogP contribution in [0, 0.1) is 0 Å². The zero-order chi connectivity index (χ0) is 13.2. The second kappa shape index (κ2) is 5.30. The highest BCUT2D eigenvalue weighted by molar-refractivity contribution is 5.44. The lowest BCUT2D eigenvalue weighted by Gasteiger charge is -2.18. The third kappa shape index (κ3) is 3.13. The molecule has 2 heterocycles. The van der Waals surface area contributed by atoms with Crippen molar-refractivity contribution < 1.29 is 4.74 Å². The van der Waals surface area contributed by atoms with E-state index >= 15 is 0 Å². The Morgan fingerprint density at radius 2 is 2.26 bits per heavy atom. The summed E-state index contributed by atoms with van der Waals surface area (Å²) in [7, 11) is 2.00. The predicted molar refractivity (Wildman–Crippen MR) is 73.9 cm³/mol. The minimum atomic E-state index is 0.333. The van der Waals surface area contributed by atoms with E-state index in [2.05, 4.69) is 20.2 Å². The van der Waals surface area contributed by atoms with Crippen molar-refractivity contribution >= 4 is 11.8 Å². The first-order valence-corrected chi connectivity index (χ1v) is 6.92. The molecule has 1 atom stereocenters. The molecule has 0 spiro atoms. The summed E-state index contributed by atoms with van der Waals surface area (Å²) in [5.41, 5.74) is 6.67. The number of likely N-dealkylation sites (N-methyl/N-ethyl adjacent to an activating group) is 1. The second-order valence-electron chi connectivity index (χ2n) is 5.31. The molecule has 3 N–H and O–H groups in total. The first-order chi connectivity index (χ1) is 9.24. The number of nitrogens with zero attached hydrogens (tertiary/aromatic N) is 3. The van der Waals surface area contributed by atoms with E-state index in [1.165, 1.54) is 12.8 Å². The zero-order valence-electron chi connectivity index (χ0n) is 11.3. The summed E-state index contributed by atoms with van der Waals surface area (Å²) in [5, 5.41) is 3.30. The van der Waals surface area contributed by atoms with Gasteiger partial charge in [0, 0.05) is 25.2 Å². The number of aromatic nitrogens is 2. The third-order valence-electron chi connectivity index (χ3n) is 3.69. The van der Waals surface area contributed by atoms with Crippen molar-refractivity contribution in [3.05, 3.63) is 11.8 Å². The summed E-state index contributed by atoms with van der Waals surface area (Å²) in [5.74, 6) is 1.25. The molecule has 1 aliphatic heterocycles. The van der Waals surface area contributed by atoms with Gasteiger partial charge in [-0.15, -0.1) is 0 Å². The van der Waals surface area contributed by atoms with Crippen LogP contribution in [0.4, 0.5) is 11.8 Å². The van der Waals surface area contributed by atoms with Gasteiger partial charge in [0.05, 0.1) is 18.4 Å². The largest absolute Gasteiger partial charge is 0.372 e. The Hall–Kier alpha value is -1.40. The molecule has 0 aromatic carbocycles. The second-order valence-corrected chi connectivity index (χ2v) is 5.31. The van der Waals surface area contributed by atoms with E-state index < -0.39 is 0 Å². The number of nitrogens with two attached hydrogens (primary N) is 1. The lowest BCUT2D eigenvalue weighted by molar-refractivity contribution is 0.103. The van der Waals surface area contributed by atoms with Gasteiger partial charge in [0.15, 0.2) is 0 Å². The molecule has 104 valence electrons. The van der Waals surface area contributed by atoms with Crippen molar-refractivity contribution in [2.24, 2.45) is 0 Å². The molecule has 0 radical (unpaired) electrons. The van der Waals surface area contributed by atoms with Crippen molar-refractivity contribution in [2.45, 2.75) is 38.0 Å². The van der Waals surface area contributed by atoms with Gasteiger partial charge in [-0.3, -0.25) is 0 Å². The molecule has 1 saturated heterocycles. The van der Waals surface area contributed by atoms with Crippen LogP contribution < -0.4 is 16.0 Å². The summed E-state index contributed by atoms with van der Waals surface area (Å²) < 4.78 is 5.68. The molecule has 6 heteroatoms. The van der Waals surface area contributed by atoms with Gasteiger partial charge in [-0.2, -0.15) is 4.98 Å². The van der Waals surface area contributed by atoms with Crippen LogP contribution in [0.15, 0.2) is 6.07 Å². The summed E-state index contributed by atoms with van der Waals surface area (Å²) >= 11 is 0. The van der Waals surface area contributed by atoms with Gasteiger partial charge in [0.1, 0.15) is 5.82 Å². The molecular weight excluding hydrogens is 242 g/mol.